The van der Waals surface area contributed by atoms with Gasteiger partial charge in [0.1, 0.15) is 0 Å². The third-order valence-electron chi connectivity index (χ3n) is 14.4. The molecular weight excluding hydrogens is 580 g/mol. The van der Waals surface area contributed by atoms with Gasteiger partial charge in [-0.2, -0.15) is 0 Å². The maximum absolute atomic E-state index is 13.6. The lowest BCUT2D eigenvalue weighted by atomic mass is 9.32. The first-order valence-corrected chi connectivity index (χ1v) is 18.8. The molecule has 7 unspecified atom stereocenters. The summed E-state index contributed by atoms with van der Waals surface area (Å²) < 4.78 is 4.93. The summed E-state index contributed by atoms with van der Waals surface area (Å²) in [6.07, 6.45) is 16.2. The summed E-state index contributed by atoms with van der Waals surface area (Å²) in [4.78, 5) is 25.7. The lowest BCUT2D eigenvalue weighted by Crippen LogP contribution is -2.65. The highest BCUT2D eigenvalue weighted by molar-refractivity contribution is 5.90. The number of benzene rings is 1. The molecule has 0 saturated heterocycles. The molecule has 5 heteroatoms. The molecule has 8 atom stereocenters. The van der Waals surface area contributed by atoms with Gasteiger partial charge in [0.15, 0.2) is 0 Å². The van der Waals surface area contributed by atoms with E-state index in [0.717, 1.165) is 19.3 Å². The largest absolute Gasteiger partial charge is 0.465 e. The van der Waals surface area contributed by atoms with Gasteiger partial charge in [0.05, 0.1) is 18.1 Å². The fourth-order valence-corrected chi connectivity index (χ4v) is 12.3. The predicted octanol–water partition coefficient (Wildman–Crippen LogP) is 9.62. The summed E-state index contributed by atoms with van der Waals surface area (Å²) in [5.74, 6) is 2.46. The molecular formula is C42H66N2O3. The van der Waals surface area contributed by atoms with Crippen LogP contribution in [0, 0.1) is 50.7 Å². The minimum atomic E-state index is -0.282. The number of rotatable bonds is 5. The Balaban J connectivity index is 0.000000947. The van der Waals surface area contributed by atoms with Gasteiger partial charge in [-0.05, 0) is 133 Å². The Bertz CT molecular complexity index is 1320. The Morgan fingerprint density at radius 3 is 2.19 bits per heavy atom. The van der Waals surface area contributed by atoms with Crippen LogP contribution >= 0.6 is 0 Å². The van der Waals surface area contributed by atoms with Crippen LogP contribution in [0.25, 0.3) is 5.57 Å². The molecule has 4 fully saturated rings. The molecule has 1 aromatic carbocycles. The highest BCUT2D eigenvalue weighted by Crippen LogP contribution is 2.77. The van der Waals surface area contributed by atoms with Gasteiger partial charge in [0.2, 0.25) is 5.91 Å². The number of methoxy groups -OCH3 is 1. The van der Waals surface area contributed by atoms with E-state index >= 15 is 0 Å². The Kier molecular flexibility index (Phi) is 11.3. The minimum absolute atomic E-state index is 0.0487. The van der Waals surface area contributed by atoms with Crippen molar-refractivity contribution >= 4 is 17.4 Å². The summed E-state index contributed by atoms with van der Waals surface area (Å²) in [7, 11) is 1.44. The van der Waals surface area contributed by atoms with Crippen molar-refractivity contribution in [2.75, 3.05) is 20.2 Å². The summed E-state index contributed by atoms with van der Waals surface area (Å²) in [5, 5.41) is 3.23. The van der Waals surface area contributed by atoms with Gasteiger partial charge in [-0.15, -0.1) is 6.58 Å². The van der Waals surface area contributed by atoms with Gasteiger partial charge in [-0.3, -0.25) is 4.79 Å². The van der Waals surface area contributed by atoms with Crippen LogP contribution in [0.2, 0.25) is 0 Å². The number of esters is 1. The van der Waals surface area contributed by atoms with Crippen LogP contribution in [0.5, 0.6) is 0 Å². The van der Waals surface area contributed by atoms with Gasteiger partial charge in [0, 0.05) is 13.1 Å². The molecule has 1 amide bonds. The van der Waals surface area contributed by atoms with E-state index in [2.05, 4.69) is 64.7 Å². The average molecular weight is 647 g/mol. The van der Waals surface area contributed by atoms with Crippen molar-refractivity contribution < 1.29 is 14.3 Å². The summed E-state index contributed by atoms with van der Waals surface area (Å²) in [5.41, 5.74) is 9.73. The van der Waals surface area contributed by atoms with Crippen LogP contribution in [0.3, 0.4) is 0 Å². The van der Waals surface area contributed by atoms with Crippen LogP contribution in [-0.4, -0.2) is 32.1 Å². The van der Waals surface area contributed by atoms with Crippen LogP contribution < -0.4 is 11.1 Å². The quantitative estimate of drug-likeness (QED) is 0.247. The molecule has 5 aliphatic carbocycles. The maximum Gasteiger partial charge on any atom is 0.337 e. The molecule has 0 bridgehead atoms. The number of allylic oxidation sites excluding steroid dienone is 3. The van der Waals surface area contributed by atoms with E-state index in [1.54, 1.807) is 6.08 Å². The molecule has 262 valence electrons. The zero-order valence-corrected chi connectivity index (χ0v) is 31.3. The van der Waals surface area contributed by atoms with Gasteiger partial charge >= 0.3 is 5.97 Å². The summed E-state index contributed by atoms with van der Waals surface area (Å²) >= 11 is 0. The second kappa shape index (κ2) is 14.2. The van der Waals surface area contributed by atoms with Crippen molar-refractivity contribution in [2.45, 2.75) is 120 Å². The molecule has 6 rings (SSSR count). The first-order chi connectivity index (χ1) is 22.3. The van der Waals surface area contributed by atoms with Crippen LogP contribution in [0.15, 0.2) is 43.0 Å². The number of hydrogen-bond acceptors (Lipinski definition) is 4. The van der Waals surface area contributed by atoms with Crippen LogP contribution in [-0.2, 0) is 9.53 Å². The molecule has 3 N–H and O–H groups in total. The van der Waals surface area contributed by atoms with Gasteiger partial charge < -0.3 is 15.8 Å². The van der Waals surface area contributed by atoms with Gasteiger partial charge in [-0.25, -0.2) is 4.79 Å². The topological polar surface area (TPSA) is 81.4 Å². The van der Waals surface area contributed by atoms with E-state index in [1.807, 2.05) is 32.9 Å². The number of ether oxygens (including phenoxy) is 1. The normalized spacial score (nSPS) is 37.8. The molecule has 5 aliphatic rings. The van der Waals surface area contributed by atoms with E-state index in [1.165, 1.54) is 63.2 Å². The fourth-order valence-electron chi connectivity index (χ4n) is 12.3. The van der Waals surface area contributed by atoms with Crippen molar-refractivity contribution in [3.63, 3.8) is 0 Å². The van der Waals surface area contributed by atoms with Gasteiger partial charge in [0.25, 0.3) is 0 Å². The van der Waals surface area contributed by atoms with E-state index in [9.17, 15) is 9.59 Å². The van der Waals surface area contributed by atoms with E-state index in [0.29, 0.717) is 48.2 Å². The van der Waals surface area contributed by atoms with E-state index < -0.39 is 0 Å². The first-order valence-electron chi connectivity index (χ1n) is 18.8. The monoisotopic (exact) mass is 647 g/mol. The molecule has 47 heavy (non-hydrogen) atoms. The molecule has 5 nitrogen and oxygen atoms in total. The molecule has 1 aromatic rings. The van der Waals surface area contributed by atoms with Crippen molar-refractivity contribution in [1.29, 1.82) is 0 Å². The Morgan fingerprint density at radius 2 is 1.57 bits per heavy atom. The fraction of sp³-hybridized carbons (Fsp3) is 0.714. The molecule has 0 aliphatic heterocycles. The minimum Gasteiger partial charge on any atom is -0.465 e. The molecule has 4 saturated carbocycles. The second-order valence-corrected chi connectivity index (χ2v) is 16.4. The molecule has 0 spiro atoms. The lowest BCUT2D eigenvalue weighted by molar-refractivity contribution is -0.222. The number of hydrogen-bond donors (Lipinski definition) is 2. The van der Waals surface area contributed by atoms with E-state index in [4.69, 9.17) is 10.5 Å². The number of amides is 1. The number of nitrogens with one attached hydrogen (secondary N) is 1. The van der Waals surface area contributed by atoms with Crippen molar-refractivity contribution in [3.8, 4) is 0 Å². The smallest absolute Gasteiger partial charge is 0.337 e. The first kappa shape index (κ1) is 37.4. The Labute approximate surface area is 286 Å². The highest BCUT2D eigenvalue weighted by Gasteiger charge is 2.70. The van der Waals surface area contributed by atoms with E-state index in [-0.39, 0.29) is 33.0 Å². The summed E-state index contributed by atoms with van der Waals surface area (Å²) in [6.45, 7) is 23.2. The third-order valence-corrected chi connectivity index (χ3v) is 14.4. The zero-order chi connectivity index (χ0) is 34.8. The van der Waals surface area contributed by atoms with Crippen molar-refractivity contribution in [3.05, 3.63) is 54.1 Å². The number of nitrogens with two attached hydrogens (primary N) is 1. The number of carbonyl (C=O) groups excluding carboxylic acids is 2. The maximum atomic E-state index is 13.6. The Morgan fingerprint density at radius 1 is 0.915 bits per heavy atom. The number of fused-ring (bicyclic) bond motifs is 7. The third kappa shape index (κ3) is 5.85. The average Bonchev–Trinajstić information content (AvgIpc) is 3.50. The van der Waals surface area contributed by atoms with Gasteiger partial charge in [-0.1, -0.05) is 79.2 Å². The molecule has 0 radical (unpaired) electrons. The predicted molar refractivity (Wildman–Crippen MR) is 196 cm³/mol. The number of carbonyl (C=O) groups is 2. The van der Waals surface area contributed by atoms with Crippen molar-refractivity contribution in [1.82, 2.24) is 5.32 Å². The van der Waals surface area contributed by atoms with Crippen LogP contribution in [0.1, 0.15) is 136 Å². The second-order valence-electron chi connectivity index (χ2n) is 16.4. The molecule has 0 aromatic heterocycles. The Hall–Kier alpha value is -2.40. The highest BCUT2D eigenvalue weighted by atomic mass is 16.5. The molecule has 0 heterocycles. The zero-order valence-electron chi connectivity index (χ0n) is 31.3. The lowest BCUT2D eigenvalue weighted by Gasteiger charge is -2.72. The summed E-state index contributed by atoms with van der Waals surface area (Å²) in [6, 6.07) is 8.05. The van der Waals surface area contributed by atoms with Crippen LogP contribution in [0.4, 0.5) is 0 Å². The van der Waals surface area contributed by atoms with Crippen molar-refractivity contribution in [2.24, 2.45) is 56.5 Å². The standard InChI is InChI=1S/C37H54N2O3.C3H6.C2H6/c1-33(2)26(24-9-11-25(12-10-24)31(40)42-6)15-18-34(3)29(33)16-19-36(5)30(34)14-13-27-28-8-7-17-37(28,21-20-35(27,36)4)32(41)39-23-22-38;1-3-2;1-2/h9-12,15,27-30H,7-8,13-14,16-23,38H2,1-6H3,(H,39,41);3H,1H2,2H3;1-2H3/t27?,28?,29?,30?,34?,35-,36?,37?;;/m1../s1. The SMILES string of the molecule is C=CC.CC.COC(=O)c1ccc(C2=CCC3(C)C(CCC4(C)C3CCC3C5CCCC5(C(=O)NCCN)CC[C@]34C)C2(C)C)cc1.